The molecule has 0 saturated carbocycles. The van der Waals surface area contributed by atoms with Crippen LogP contribution in [-0.4, -0.2) is 34.0 Å². The first-order valence-electron chi connectivity index (χ1n) is 11.8. The van der Waals surface area contributed by atoms with E-state index in [-0.39, 0.29) is 24.4 Å². The molecule has 0 fully saturated rings. The molecule has 35 heavy (non-hydrogen) atoms. The SMILES string of the molecule is CC(C)N(C(=O)Cn1c(CCCNC(=O)c2ccc(Br)cc2)nc2ccccc21)c1ccccc1. The van der Waals surface area contributed by atoms with Crippen molar-refractivity contribution in [3.63, 3.8) is 0 Å². The molecular formula is C28H29BrN4O2. The van der Waals surface area contributed by atoms with Gasteiger partial charge in [-0.3, -0.25) is 9.59 Å². The molecule has 1 aromatic heterocycles. The minimum atomic E-state index is -0.100. The van der Waals surface area contributed by atoms with Crippen LogP contribution in [0, 0.1) is 0 Å². The third-order valence-corrected chi connectivity index (χ3v) is 6.34. The van der Waals surface area contributed by atoms with Crippen LogP contribution in [0.3, 0.4) is 0 Å². The molecule has 2 amide bonds. The summed E-state index contributed by atoms with van der Waals surface area (Å²) in [5.74, 6) is 0.755. The number of imidazole rings is 1. The highest BCUT2D eigenvalue weighted by atomic mass is 79.9. The second kappa shape index (κ2) is 11.3. The molecule has 1 N–H and O–H groups in total. The van der Waals surface area contributed by atoms with Gasteiger partial charge in [-0.25, -0.2) is 4.98 Å². The van der Waals surface area contributed by atoms with Crippen molar-refractivity contribution in [3.05, 3.63) is 94.7 Å². The zero-order valence-corrected chi connectivity index (χ0v) is 21.5. The van der Waals surface area contributed by atoms with Gasteiger partial charge in [0, 0.05) is 34.7 Å². The second-order valence-electron chi connectivity index (χ2n) is 8.66. The number of hydrogen-bond acceptors (Lipinski definition) is 3. The Labute approximate surface area is 214 Å². The zero-order chi connectivity index (χ0) is 24.8. The number of aryl methyl sites for hydroxylation is 1. The highest BCUT2D eigenvalue weighted by molar-refractivity contribution is 9.10. The molecule has 4 rings (SSSR count). The standard InChI is InChI=1S/C28H29BrN4O2/c1-20(2)33(23-9-4-3-5-10-23)27(34)19-32-25-12-7-6-11-24(25)31-26(32)13-8-18-30-28(35)21-14-16-22(29)17-15-21/h3-7,9-12,14-17,20H,8,13,18-19H2,1-2H3,(H,30,35). The van der Waals surface area contributed by atoms with Gasteiger partial charge in [-0.15, -0.1) is 0 Å². The maximum Gasteiger partial charge on any atom is 0.251 e. The van der Waals surface area contributed by atoms with E-state index in [1.165, 1.54) is 0 Å². The Morgan fingerprint density at radius 1 is 0.971 bits per heavy atom. The maximum atomic E-state index is 13.5. The van der Waals surface area contributed by atoms with Gasteiger partial charge >= 0.3 is 0 Å². The van der Waals surface area contributed by atoms with E-state index >= 15 is 0 Å². The van der Waals surface area contributed by atoms with Gasteiger partial charge in [0.25, 0.3) is 5.91 Å². The van der Waals surface area contributed by atoms with Crippen LogP contribution in [0.4, 0.5) is 5.69 Å². The number of halogens is 1. The predicted octanol–water partition coefficient (Wildman–Crippen LogP) is 5.60. The summed E-state index contributed by atoms with van der Waals surface area (Å²) in [6.07, 6.45) is 1.36. The number of nitrogens with one attached hydrogen (secondary N) is 1. The molecule has 0 unspecified atom stereocenters. The summed E-state index contributed by atoms with van der Waals surface area (Å²) in [7, 11) is 0. The lowest BCUT2D eigenvalue weighted by Gasteiger charge is -2.27. The highest BCUT2D eigenvalue weighted by Crippen LogP contribution is 2.21. The summed E-state index contributed by atoms with van der Waals surface area (Å²) >= 11 is 3.38. The van der Waals surface area contributed by atoms with Crippen molar-refractivity contribution in [3.8, 4) is 0 Å². The summed E-state index contributed by atoms with van der Waals surface area (Å²) in [6.45, 7) is 4.76. The number of rotatable bonds is 9. The van der Waals surface area contributed by atoms with E-state index in [9.17, 15) is 9.59 Å². The van der Waals surface area contributed by atoms with Crippen molar-refractivity contribution in [2.45, 2.75) is 39.3 Å². The van der Waals surface area contributed by atoms with E-state index in [1.807, 2.05) is 90.0 Å². The topological polar surface area (TPSA) is 67.2 Å². The molecule has 4 aromatic rings. The van der Waals surface area contributed by atoms with Crippen molar-refractivity contribution < 1.29 is 9.59 Å². The quantitative estimate of drug-likeness (QED) is 0.285. The smallest absolute Gasteiger partial charge is 0.251 e. The summed E-state index contributed by atoms with van der Waals surface area (Å²) in [6, 6.07) is 24.9. The van der Waals surface area contributed by atoms with Gasteiger partial charge in [0.2, 0.25) is 5.91 Å². The Morgan fingerprint density at radius 2 is 1.66 bits per heavy atom. The molecule has 0 atom stereocenters. The van der Waals surface area contributed by atoms with Gasteiger partial charge in [-0.05, 0) is 68.8 Å². The summed E-state index contributed by atoms with van der Waals surface area (Å²) in [4.78, 5) is 32.5. The number of carbonyl (C=O) groups excluding carboxylic acids is 2. The Morgan fingerprint density at radius 3 is 2.37 bits per heavy atom. The van der Waals surface area contributed by atoms with Crippen molar-refractivity contribution >= 4 is 44.5 Å². The number of amides is 2. The summed E-state index contributed by atoms with van der Waals surface area (Å²) in [5.41, 5.74) is 3.31. The normalized spacial score (nSPS) is 11.1. The number of carbonyl (C=O) groups is 2. The van der Waals surface area contributed by atoms with Crippen molar-refractivity contribution in [1.82, 2.24) is 14.9 Å². The minimum absolute atomic E-state index is 0.0131. The molecule has 0 aliphatic rings. The van der Waals surface area contributed by atoms with E-state index < -0.39 is 0 Å². The molecule has 0 radical (unpaired) electrons. The Hall–Kier alpha value is -3.45. The molecule has 0 bridgehead atoms. The fraction of sp³-hybridized carbons (Fsp3) is 0.250. The second-order valence-corrected chi connectivity index (χ2v) is 9.58. The van der Waals surface area contributed by atoms with E-state index in [0.717, 1.165) is 27.0 Å². The lowest BCUT2D eigenvalue weighted by atomic mass is 10.2. The third-order valence-electron chi connectivity index (χ3n) is 5.82. The Bertz CT molecular complexity index is 1300. The monoisotopic (exact) mass is 532 g/mol. The first kappa shape index (κ1) is 24.7. The first-order chi connectivity index (χ1) is 16.9. The number of hydrogen-bond donors (Lipinski definition) is 1. The summed E-state index contributed by atoms with van der Waals surface area (Å²) < 4.78 is 2.94. The molecule has 0 aliphatic heterocycles. The van der Waals surface area contributed by atoms with Crippen LogP contribution in [0.2, 0.25) is 0 Å². The molecule has 3 aromatic carbocycles. The van der Waals surface area contributed by atoms with Gasteiger partial charge in [0.05, 0.1) is 11.0 Å². The average molecular weight is 533 g/mol. The van der Waals surface area contributed by atoms with Crippen LogP contribution in [-0.2, 0) is 17.8 Å². The van der Waals surface area contributed by atoms with Crippen molar-refractivity contribution in [2.75, 3.05) is 11.4 Å². The lowest BCUT2D eigenvalue weighted by molar-refractivity contribution is -0.119. The third kappa shape index (κ3) is 5.98. The first-order valence-corrected chi connectivity index (χ1v) is 12.6. The molecule has 0 aliphatic carbocycles. The molecule has 6 nitrogen and oxygen atoms in total. The van der Waals surface area contributed by atoms with Gasteiger partial charge < -0.3 is 14.8 Å². The molecule has 0 spiro atoms. The number of anilines is 1. The average Bonchev–Trinajstić information content (AvgIpc) is 3.20. The fourth-order valence-corrected chi connectivity index (χ4v) is 4.44. The van der Waals surface area contributed by atoms with Gasteiger partial charge in [0.1, 0.15) is 12.4 Å². The van der Waals surface area contributed by atoms with Crippen LogP contribution in [0.15, 0.2) is 83.3 Å². The van der Waals surface area contributed by atoms with E-state index in [1.54, 1.807) is 12.1 Å². The predicted molar refractivity (Wildman–Crippen MR) is 144 cm³/mol. The number of benzene rings is 3. The summed E-state index contributed by atoms with van der Waals surface area (Å²) in [5, 5.41) is 2.97. The van der Waals surface area contributed by atoms with Crippen LogP contribution in [0.25, 0.3) is 11.0 Å². The fourth-order valence-electron chi connectivity index (χ4n) is 4.17. The number of fused-ring (bicyclic) bond motifs is 1. The van der Waals surface area contributed by atoms with Crippen LogP contribution >= 0.6 is 15.9 Å². The molecular weight excluding hydrogens is 504 g/mol. The van der Waals surface area contributed by atoms with Crippen LogP contribution in [0.5, 0.6) is 0 Å². The highest BCUT2D eigenvalue weighted by Gasteiger charge is 2.21. The van der Waals surface area contributed by atoms with E-state index in [0.29, 0.717) is 24.9 Å². The lowest BCUT2D eigenvalue weighted by Crippen LogP contribution is -2.39. The molecule has 1 heterocycles. The van der Waals surface area contributed by atoms with Gasteiger partial charge in [-0.2, -0.15) is 0 Å². The van der Waals surface area contributed by atoms with Gasteiger partial charge in [-0.1, -0.05) is 46.3 Å². The van der Waals surface area contributed by atoms with E-state index in [2.05, 4.69) is 21.2 Å². The number of nitrogens with zero attached hydrogens (tertiary/aromatic N) is 3. The zero-order valence-electron chi connectivity index (χ0n) is 19.9. The Kier molecular flexibility index (Phi) is 7.98. The molecule has 7 heteroatoms. The number of aromatic nitrogens is 2. The Balaban J connectivity index is 1.47. The van der Waals surface area contributed by atoms with E-state index in [4.69, 9.17) is 4.98 Å². The van der Waals surface area contributed by atoms with Gasteiger partial charge in [0.15, 0.2) is 0 Å². The molecule has 0 saturated heterocycles. The van der Waals surface area contributed by atoms with Crippen LogP contribution in [0.1, 0.15) is 36.5 Å². The number of para-hydroxylation sites is 3. The minimum Gasteiger partial charge on any atom is -0.352 e. The van der Waals surface area contributed by atoms with Crippen molar-refractivity contribution in [2.24, 2.45) is 0 Å². The molecule has 180 valence electrons. The van der Waals surface area contributed by atoms with Crippen LogP contribution < -0.4 is 10.2 Å². The maximum absolute atomic E-state index is 13.5. The largest absolute Gasteiger partial charge is 0.352 e. The van der Waals surface area contributed by atoms with Crippen molar-refractivity contribution in [1.29, 1.82) is 0 Å².